The molecule has 7 heteroatoms. The molecular weight excluding hydrogens is 481 g/mol. The summed E-state index contributed by atoms with van der Waals surface area (Å²) in [6, 6.07) is 14.7. The maximum atomic E-state index is 4.45. The smallest absolute Gasteiger partial charge is 0.191 e. The summed E-state index contributed by atoms with van der Waals surface area (Å²) in [5, 5.41) is 13.4. The van der Waals surface area contributed by atoms with Gasteiger partial charge in [-0.2, -0.15) is 5.10 Å². The van der Waals surface area contributed by atoms with Crippen LogP contribution >= 0.6 is 35.3 Å². The number of guanidine groups is 1. The van der Waals surface area contributed by atoms with Gasteiger partial charge in [0.15, 0.2) is 5.96 Å². The highest BCUT2D eigenvalue weighted by Gasteiger charge is 2.07. The standard InChI is InChI=1S/C21H27N5S.HI/c1-17(11-20-9-6-10-27-20)12-23-21(22-2)24-13-19-14-25-26(16-19)15-18-7-4-3-5-8-18;/h3-10,14,16-17H,11-13,15H2,1-2H3,(H2,22,23,24);1H. The Bertz CT molecular complexity index is 830. The molecule has 0 bridgehead atoms. The van der Waals surface area contributed by atoms with Gasteiger partial charge in [0, 0.05) is 36.8 Å². The summed E-state index contributed by atoms with van der Waals surface area (Å²) in [5.41, 5.74) is 2.39. The van der Waals surface area contributed by atoms with Crippen molar-refractivity contribution < 1.29 is 0 Å². The predicted molar refractivity (Wildman–Crippen MR) is 129 cm³/mol. The Labute approximate surface area is 188 Å². The van der Waals surface area contributed by atoms with Crippen molar-refractivity contribution in [1.82, 2.24) is 20.4 Å². The fourth-order valence-electron chi connectivity index (χ4n) is 2.88. The Balaban J connectivity index is 0.00000280. The Morgan fingerprint density at radius 3 is 2.68 bits per heavy atom. The van der Waals surface area contributed by atoms with Crippen LogP contribution in [0.1, 0.15) is 22.9 Å². The number of nitrogens with one attached hydrogen (secondary N) is 2. The summed E-state index contributed by atoms with van der Waals surface area (Å²) in [5.74, 6) is 1.37. The van der Waals surface area contributed by atoms with E-state index >= 15 is 0 Å². The topological polar surface area (TPSA) is 54.2 Å². The minimum absolute atomic E-state index is 0. The van der Waals surface area contributed by atoms with Crippen LogP contribution in [0.15, 0.2) is 65.2 Å². The van der Waals surface area contributed by atoms with E-state index < -0.39 is 0 Å². The first-order valence-electron chi connectivity index (χ1n) is 9.25. The largest absolute Gasteiger partial charge is 0.356 e. The van der Waals surface area contributed by atoms with Gasteiger partial charge in [-0.05, 0) is 29.3 Å². The molecule has 150 valence electrons. The summed E-state index contributed by atoms with van der Waals surface area (Å²) in [4.78, 5) is 5.75. The van der Waals surface area contributed by atoms with Gasteiger partial charge in [0.05, 0.1) is 12.7 Å². The van der Waals surface area contributed by atoms with Crippen LogP contribution in [-0.2, 0) is 19.5 Å². The van der Waals surface area contributed by atoms with Gasteiger partial charge in [0.25, 0.3) is 0 Å². The van der Waals surface area contributed by atoms with Gasteiger partial charge in [-0.1, -0.05) is 43.3 Å². The van der Waals surface area contributed by atoms with Crippen LogP contribution in [0.25, 0.3) is 0 Å². The number of halogens is 1. The Hall–Kier alpha value is -1.87. The van der Waals surface area contributed by atoms with Crippen molar-refractivity contribution in [3.63, 3.8) is 0 Å². The van der Waals surface area contributed by atoms with Gasteiger partial charge in [-0.25, -0.2) is 0 Å². The highest BCUT2D eigenvalue weighted by atomic mass is 127. The maximum absolute atomic E-state index is 4.45. The fraction of sp³-hybridized carbons (Fsp3) is 0.333. The minimum atomic E-state index is 0. The number of thiophene rings is 1. The van der Waals surface area contributed by atoms with Crippen LogP contribution in [-0.4, -0.2) is 29.3 Å². The van der Waals surface area contributed by atoms with Crippen molar-refractivity contribution in [2.24, 2.45) is 10.9 Å². The number of hydrogen-bond acceptors (Lipinski definition) is 3. The summed E-state index contributed by atoms with van der Waals surface area (Å²) in [7, 11) is 1.80. The van der Waals surface area contributed by atoms with E-state index in [1.165, 1.54) is 10.4 Å². The lowest BCUT2D eigenvalue weighted by Crippen LogP contribution is -2.39. The van der Waals surface area contributed by atoms with Crippen LogP contribution in [0.4, 0.5) is 0 Å². The number of hydrogen-bond donors (Lipinski definition) is 2. The number of rotatable bonds is 8. The van der Waals surface area contributed by atoms with Gasteiger partial charge in [-0.3, -0.25) is 9.67 Å². The van der Waals surface area contributed by atoms with Gasteiger partial charge in [-0.15, -0.1) is 35.3 Å². The zero-order valence-corrected chi connectivity index (χ0v) is 19.5. The van der Waals surface area contributed by atoms with E-state index in [0.717, 1.165) is 31.0 Å². The van der Waals surface area contributed by atoms with Crippen LogP contribution in [0, 0.1) is 5.92 Å². The zero-order valence-electron chi connectivity index (χ0n) is 16.3. The van der Waals surface area contributed by atoms with Gasteiger partial charge >= 0.3 is 0 Å². The monoisotopic (exact) mass is 509 g/mol. The molecule has 5 nitrogen and oxygen atoms in total. The van der Waals surface area contributed by atoms with E-state index in [1.54, 1.807) is 7.05 Å². The molecule has 0 saturated carbocycles. The molecular formula is C21H28IN5S. The van der Waals surface area contributed by atoms with Crippen molar-refractivity contribution in [1.29, 1.82) is 0 Å². The van der Waals surface area contributed by atoms with E-state index in [4.69, 9.17) is 0 Å². The third kappa shape index (κ3) is 7.27. The first-order valence-corrected chi connectivity index (χ1v) is 10.1. The van der Waals surface area contributed by atoms with Gasteiger partial charge in [0.1, 0.15) is 0 Å². The number of aliphatic imine (C=N–C) groups is 1. The van der Waals surface area contributed by atoms with E-state index in [2.05, 4.69) is 75.6 Å². The molecule has 0 radical (unpaired) electrons. The van der Waals surface area contributed by atoms with Crippen molar-refractivity contribution >= 4 is 41.3 Å². The molecule has 3 rings (SSSR count). The maximum Gasteiger partial charge on any atom is 0.191 e. The highest BCUT2D eigenvalue weighted by Crippen LogP contribution is 2.13. The lowest BCUT2D eigenvalue weighted by atomic mass is 10.1. The minimum Gasteiger partial charge on any atom is -0.356 e. The van der Waals surface area contributed by atoms with Crippen molar-refractivity contribution in [3.05, 3.63) is 76.2 Å². The molecule has 2 heterocycles. The van der Waals surface area contributed by atoms with E-state index in [-0.39, 0.29) is 24.0 Å². The van der Waals surface area contributed by atoms with Gasteiger partial charge in [0.2, 0.25) is 0 Å². The molecule has 1 atom stereocenters. The second kappa shape index (κ2) is 11.9. The average Bonchev–Trinajstić information content (AvgIpc) is 3.35. The zero-order chi connectivity index (χ0) is 18.9. The number of nitrogens with zero attached hydrogens (tertiary/aromatic N) is 3. The molecule has 2 aromatic heterocycles. The third-order valence-corrected chi connectivity index (χ3v) is 5.20. The molecule has 0 aliphatic heterocycles. The molecule has 2 N–H and O–H groups in total. The molecule has 0 amide bonds. The van der Waals surface area contributed by atoms with Crippen LogP contribution < -0.4 is 10.6 Å². The molecule has 28 heavy (non-hydrogen) atoms. The molecule has 1 unspecified atom stereocenters. The van der Waals surface area contributed by atoms with E-state index in [1.807, 2.05) is 28.3 Å². The number of aromatic nitrogens is 2. The lowest BCUT2D eigenvalue weighted by molar-refractivity contribution is 0.562. The van der Waals surface area contributed by atoms with Crippen molar-refractivity contribution in [2.45, 2.75) is 26.4 Å². The molecule has 0 aliphatic carbocycles. The molecule has 3 aromatic rings. The first kappa shape index (κ1) is 22.4. The molecule has 1 aromatic carbocycles. The van der Waals surface area contributed by atoms with E-state index in [9.17, 15) is 0 Å². The van der Waals surface area contributed by atoms with E-state index in [0.29, 0.717) is 12.5 Å². The van der Waals surface area contributed by atoms with Gasteiger partial charge < -0.3 is 10.6 Å². The van der Waals surface area contributed by atoms with Crippen LogP contribution in [0.2, 0.25) is 0 Å². The highest BCUT2D eigenvalue weighted by molar-refractivity contribution is 14.0. The summed E-state index contributed by atoms with van der Waals surface area (Å²) in [6.45, 7) is 4.64. The Kier molecular flexibility index (Phi) is 9.49. The molecule has 0 fully saturated rings. The Morgan fingerprint density at radius 1 is 1.14 bits per heavy atom. The SMILES string of the molecule is CN=C(NCc1cnn(Cc2ccccc2)c1)NCC(C)Cc1cccs1.I. The fourth-order valence-corrected chi connectivity index (χ4v) is 3.75. The van der Waals surface area contributed by atoms with Crippen LogP contribution in [0.3, 0.4) is 0 Å². The molecule has 0 aliphatic rings. The third-order valence-electron chi connectivity index (χ3n) is 4.31. The second-order valence-corrected chi connectivity index (χ2v) is 7.76. The average molecular weight is 509 g/mol. The Morgan fingerprint density at radius 2 is 1.96 bits per heavy atom. The first-order chi connectivity index (χ1) is 13.2. The summed E-state index contributed by atoms with van der Waals surface area (Å²) in [6.07, 6.45) is 5.07. The van der Waals surface area contributed by atoms with Crippen molar-refractivity contribution in [3.8, 4) is 0 Å². The summed E-state index contributed by atoms with van der Waals surface area (Å²) < 4.78 is 1.96. The lowest BCUT2D eigenvalue weighted by Gasteiger charge is -2.15. The second-order valence-electron chi connectivity index (χ2n) is 6.73. The predicted octanol–water partition coefficient (Wildman–Crippen LogP) is 4.15. The van der Waals surface area contributed by atoms with Crippen molar-refractivity contribution in [2.75, 3.05) is 13.6 Å². The van der Waals surface area contributed by atoms with Crippen LogP contribution in [0.5, 0.6) is 0 Å². The molecule has 0 saturated heterocycles. The quantitative estimate of drug-likeness (QED) is 0.273. The number of benzene rings is 1. The molecule has 0 spiro atoms. The normalized spacial score (nSPS) is 12.3. The summed E-state index contributed by atoms with van der Waals surface area (Å²) >= 11 is 1.82.